The van der Waals surface area contributed by atoms with E-state index in [0.29, 0.717) is 0 Å². The quantitative estimate of drug-likeness (QED) is 0.799. The molecule has 1 aliphatic carbocycles. The molecule has 0 unspecified atom stereocenters. The van der Waals surface area contributed by atoms with Gasteiger partial charge in [0.15, 0.2) is 0 Å². The Bertz CT molecular complexity index is 420. The first-order valence-electron chi connectivity index (χ1n) is 8.04. The zero-order chi connectivity index (χ0) is 14.5. The molecule has 2 rings (SSSR count). The van der Waals surface area contributed by atoms with E-state index in [1.54, 1.807) is 0 Å². The molecule has 1 saturated carbocycles. The maximum Gasteiger partial charge on any atom is 0.0860 e. The number of nitrogens with zero attached hydrogens (tertiary/aromatic N) is 2. The summed E-state index contributed by atoms with van der Waals surface area (Å²) in [6.45, 7) is 9.26. The monoisotopic (exact) mass is 297 g/mol. The van der Waals surface area contributed by atoms with Gasteiger partial charge in [0.2, 0.25) is 0 Å². The summed E-state index contributed by atoms with van der Waals surface area (Å²) in [6, 6.07) is 0. The molecule has 0 saturated heterocycles. The van der Waals surface area contributed by atoms with Crippen molar-refractivity contribution in [2.24, 2.45) is 11.8 Å². The average Bonchev–Trinajstić information content (AvgIpc) is 2.72. The lowest BCUT2D eigenvalue weighted by Gasteiger charge is -2.26. The standard InChI is InChI=1S/C16H28ClN3/c1-4-20-15(16(17)13(3)19-20)11-18-10-9-14-7-5-12(2)6-8-14/h12,14,18H,4-11H2,1-3H3. The summed E-state index contributed by atoms with van der Waals surface area (Å²) in [6.07, 6.45) is 6.95. The fourth-order valence-corrected chi connectivity index (χ4v) is 3.37. The van der Waals surface area contributed by atoms with Crippen LogP contribution in [0.2, 0.25) is 5.02 Å². The van der Waals surface area contributed by atoms with Crippen LogP contribution in [0.1, 0.15) is 57.3 Å². The van der Waals surface area contributed by atoms with Crippen LogP contribution in [0.4, 0.5) is 0 Å². The van der Waals surface area contributed by atoms with Gasteiger partial charge in [-0.05, 0) is 38.6 Å². The second-order valence-corrected chi connectivity index (χ2v) is 6.63. The molecule has 1 N–H and O–H groups in total. The molecule has 114 valence electrons. The van der Waals surface area contributed by atoms with Gasteiger partial charge in [0.1, 0.15) is 0 Å². The van der Waals surface area contributed by atoms with Crippen LogP contribution >= 0.6 is 11.6 Å². The van der Waals surface area contributed by atoms with Crippen molar-refractivity contribution in [3.05, 3.63) is 16.4 Å². The first-order chi connectivity index (χ1) is 9.61. The van der Waals surface area contributed by atoms with Gasteiger partial charge in [0.25, 0.3) is 0 Å². The largest absolute Gasteiger partial charge is 0.311 e. The van der Waals surface area contributed by atoms with E-state index in [1.165, 1.54) is 32.1 Å². The number of hydrogen-bond acceptors (Lipinski definition) is 2. The van der Waals surface area contributed by atoms with Gasteiger partial charge in [-0.15, -0.1) is 0 Å². The highest BCUT2D eigenvalue weighted by atomic mass is 35.5. The Hall–Kier alpha value is -0.540. The molecule has 0 atom stereocenters. The molecule has 1 fully saturated rings. The molecule has 0 aliphatic heterocycles. The molecule has 1 heterocycles. The highest BCUT2D eigenvalue weighted by Crippen LogP contribution is 2.30. The molecule has 1 aliphatic rings. The minimum absolute atomic E-state index is 0.825. The van der Waals surface area contributed by atoms with Crippen LogP contribution in [0.25, 0.3) is 0 Å². The van der Waals surface area contributed by atoms with Crippen molar-refractivity contribution < 1.29 is 0 Å². The number of hydrogen-bond donors (Lipinski definition) is 1. The molecule has 1 aromatic heterocycles. The lowest BCUT2D eigenvalue weighted by molar-refractivity contribution is 0.275. The van der Waals surface area contributed by atoms with E-state index < -0.39 is 0 Å². The molecule has 0 radical (unpaired) electrons. The Kier molecular flexibility index (Phi) is 5.91. The van der Waals surface area contributed by atoms with Crippen molar-refractivity contribution in [2.75, 3.05) is 6.54 Å². The van der Waals surface area contributed by atoms with E-state index in [0.717, 1.165) is 47.9 Å². The van der Waals surface area contributed by atoms with Gasteiger partial charge in [0.05, 0.1) is 16.4 Å². The number of aromatic nitrogens is 2. The summed E-state index contributed by atoms with van der Waals surface area (Å²) >= 11 is 6.31. The van der Waals surface area contributed by atoms with Gasteiger partial charge in [-0.25, -0.2) is 0 Å². The van der Waals surface area contributed by atoms with E-state index in [2.05, 4.69) is 24.3 Å². The maximum absolute atomic E-state index is 6.31. The lowest BCUT2D eigenvalue weighted by atomic mass is 9.81. The SMILES string of the molecule is CCn1nc(C)c(Cl)c1CNCCC1CCC(C)CC1. The molecule has 1 aromatic rings. The van der Waals surface area contributed by atoms with Crippen LogP contribution in [0.15, 0.2) is 0 Å². The molecule has 20 heavy (non-hydrogen) atoms. The maximum atomic E-state index is 6.31. The Balaban J connectivity index is 1.73. The van der Waals surface area contributed by atoms with Crippen molar-refractivity contribution in [3.63, 3.8) is 0 Å². The Morgan fingerprint density at radius 1 is 1.30 bits per heavy atom. The second-order valence-electron chi connectivity index (χ2n) is 6.25. The third-order valence-electron chi connectivity index (χ3n) is 4.61. The van der Waals surface area contributed by atoms with Crippen LogP contribution in [0.3, 0.4) is 0 Å². The molecule has 4 heteroatoms. The first kappa shape index (κ1) is 15.8. The van der Waals surface area contributed by atoms with Crippen molar-refractivity contribution in [1.29, 1.82) is 0 Å². The van der Waals surface area contributed by atoms with Crippen LogP contribution in [-0.4, -0.2) is 16.3 Å². The van der Waals surface area contributed by atoms with Crippen molar-refractivity contribution in [3.8, 4) is 0 Å². The lowest BCUT2D eigenvalue weighted by Crippen LogP contribution is -2.22. The van der Waals surface area contributed by atoms with Gasteiger partial charge in [-0.1, -0.05) is 44.2 Å². The molecular formula is C16H28ClN3. The zero-order valence-electron chi connectivity index (χ0n) is 13.1. The molecule has 0 spiro atoms. The normalized spacial score (nSPS) is 23.2. The van der Waals surface area contributed by atoms with E-state index in [-0.39, 0.29) is 0 Å². The average molecular weight is 298 g/mol. The summed E-state index contributed by atoms with van der Waals surface area (Å²) in [7, 11) is 0. The Labute approximate surface area is 128 Å². The minimum atomic E-state index is 0.825. The number of nitrogens with one attached hydrogen (secondary N) is 1. The van der Waals surface area contributed by atoms with E-state index in [1.807, 2.05) is 11.6 Å². The van der Waals surface area contributed by atoms with Crippen LogP contribution in [0.5, 0.6) is 0 Å². The minimum Gasteiger partial charge on any atom is -0.311 e. The van der Waals surface area contributed by atoms with E-state index >= 15 is 0 Å². The highest BCUT2D eigenvalue weighted by molar-refractivity contribution is 6.31. The first-order valence-corrected chi connectivity index (χ1v) is 8.42. The molecule has 3 nitrogen and oxygen atoms in total. The van der Waals surface area contributed by atoms with E-state index in [9.17, 15) is 0 Å². The van der Waals surface area contributed by atoms with Crippen LogP contribution < -0.4 is 5.32 Å². The topological polar surface area (TPSA) is 29.9 Å². The second kappa shape index (κ2) is 7.46. The molecular weight excluding hydrogens is 270 g/mol. The van der Waals surface area contributed by atoms with Crippen molar-refractivity contribution in [1.82, 2.24) is 15.1 Å². The number of aryl methyl sites for hydroxylation is 2. The van der Waals surface area contributed by atoms with Crippen molar-refractivity contribution >= 4 is 11.6 Å². The molecule has 0 amide bonds. The van der Waals surface area contributed by atoms with Gasteiger partial charge in [-0.3, -0.25) is 4.68 Å². The van der Waals surface area contributed by atoms with Crippen LogP contribution in [0, 0.1) is 18.8 Å². The van der Waals surface area contributed by atoms with Gasteiger partial charge >= 0.3 is 0 Å². The zero-order valence-corrected chi connectivity index (χ0v) is 13.8. The Morgan fingerprint density at radius 3 is 2.65 bits per heavy atom. The van der Waals surface area contributed by atoms with Gasteiger partial charge in [-0.2, -0.15) is 5.10 Å². The predicted octanol–water partition coefficient (Wildman–Crippen LogP) is 4.17. The van der Waals surface area contributed by atoms with Crippen molar-refractivity contribution in [2.45, 2.75) is 66.0 Å². The summed E-state index contributed by atoms with van der Waals surface area (Å²) in [5, 5.41) is 8.82. The highest BCUT2D eigenvalue weighted by Gasteiger charge is 2.18. The number of halogens is 1. The smallest absolute Gasteiger partial charge is 0.0860 e. The fraction of sp³-hybridized carbons (Fsp3) is 0.812. The fourth-order valence-electron chi connectivity index (χ4n) is 3.17. The summed E-state index contributed by atoms with van der Waals surface area (Å²) in [5.41, 5.74) is 2.07. The summed E-state index contributed by atoms with van der Waals surface area (Å²) in [5.74, 6) is 1.87. The third kappa shape index (κ3) is 3.98. The summed E-state index contributed by atoms with van der Waals surface area (Å²) < 4.78 is 2.01. The molecule has 0 bridgehead atoms. The summed E-state index contributed by atoms with van der Waals surface area (Å²) in [4.78, 5) is 0. The Morgan fingerprint density at radius 2 is 2.00 bits per heavy atom. The number of rotatable bonds is 6. The van der Waals surface area contributed by atoms with Gasteiger partial charge < -0.3 is 5.32 Å². The molecule has 0 aromatic carbocycles. The third-order valence-corrected chi connectivity index (χ3v) is 5.10. The van der Waals surface area contributed by atoms with E-state index in [4.69, 9.17) is 11.6 Å². The van der Waals surface area contributed by atoms with Crippen LogP contribution in [-0.2, 0) is 13.1 Å². The predicted molar refractivity (Wildman–Crippen MR) is 85.1 cm³/mol. The van der Waals surface area contributed by atoms with Gasteiger partial charge in [0, 0.05) is 13.1 Å².